The smallest absolute Gasteiger partial charge is 0.341 e. The third-order valence-corrected chi connectivity index (χ3v) is 17.7. The molecule has 1 aromatic carbocycles. The van der Waals surface area contributed by atoms with Gasteiger partial charge in [0.15, 0.2) is 18.7 Å². The van der Waals surface area contributed by atoms with Gasteiger partial charge in [-0.25, -0.2) is 4.79 Å². The summed E-state index contributed by atoms with van der Waals surface area (Å²) >= 11 is 0. The van der Waals surface area contributed by atoms with Crippen molar-refractivity contribution < 1.29 is 77.9 Å². The molecule has 0 aliphatic carbocycles. The Bertz CT molecular complexity index is 2560. The zero-order valence-electron chi connectivity index (χ0n) is 53.0. The lowest BCUT2D eigenvalue weighted by molar-refractivity contribution is -0.318. The van der Waals surface area contributed by atoms with Gasteiger partial charge >= 0.3 is 17.9 Å². The van der Waals surface area contributed by atoms with Crippen LogP contribution in [0.3, 0.4) is 0 Å². The molecule has 0 amide bonds. The second-order valence-corrected chi connectivity index (χ2v) is 24.7. The molecule has 0 radical (unpaired) electrons. The maximum atomic E-state index is 14.8. The van der Waals surface area contributed by atoms with Gasteiger partial charge in [0.2, 0.25) is 5.43 Å². The minimum absolute atomic E-state index is 0.0142. The number of aryl methyl sites for hydroxylation is 1. The highest BCUT2D eigenvalue weighted by atomic mass is 16.7. The summed E-state index contributed by atoms with van der Waals surface area (Å²) in [6.07, 6.45) is -7.49. The van der Waals surface area contributed by atoms with Gasteiger partial charge < -0.3 is 83.7 Å². The summed E-state index contributed by atoms with van der Waals surface area (Å²) in [6.45, 7) is 24.5. The summed E-state index contributed by atoms with van der Waals surface area (Å²) in [5.74, 6) is -6.10. The summed E-state index contributed by atoms with van der Waals surface area (Å²) in [6, 6.07) is 5.07. The Morgan fingerprint density at radius 2 is 1.58 bits per heavy atom. The fourth-order valence-corrected chi connectivity index (χ4v) is 12.6. The molecule has 18 atom stereocenters. The molecular weight excluding hydrogens is 1090 g/mol. The number of ether oxygens (including phenoxy) is 7. The van der Waals surface area contributed by atoms with E-state index in [2.05, 4.69) is 29.2 Å². The van der Waals surface area contributed by atoms with Crippen LogP contribution in [0, 0.1) is 23.7 Å². The summed E-state index contributed by atoms with van der Waals surface area (Å²) in [4.78, 5) is 63.3. The van der Waals surface area contributed by atoms with Gasteiger partial charge in [0.25, 0.3) is 0 Å². The van der Waals surface area contributed by atoms with Crippen LogP contribution in [0.5, 0.6) is 0 Å². The summed E-state index contributed by atoms with van der Waals surface area (Å²) in [5, 5.41) is 68.9. The van der Waals surface area contributed by atoms with Gasteiger partial charge in [-0.2, -0.15) is 0 Å². The number of oxime groups is 1. The zero-order valence-corrected chi connectivity index (χ0v) is 53.0. The SMILES string of the molecule is CC[C@H]1OC(=O)[C@H](C)[C@@H](O[C@H]2C[C@@](C)(OC)[C@@H](OC(=O)CCNCCCc3ccc4c(c3)c(=O)c(C(=O)O)cn4N(C)C)[C@H](C)O2)[C@H](C)[C@@H](O[C@@H]2O[C@H](C)C[C@H](N(C)C)[C@H]2O)[C@](C)(O)C[C@@H](C)/C(=N\OCCN(CC)CC)C(C)[C@@H](O)[C@]1(C)O. The number of likely N-dealkylation sites (N-methyl/N-ethyl adjacent to an activating group) is 2. The number of nitrogens with one attached hydrogen (secondary N) is 1. The van der Waals surface area contributed by atoms with Crippen molar-refractivity contribution in [2.75, 3.05) is 79.6 Å². The summed E-state index contributed by atoms with van der Waals surface area (Å²) in [5.41, 5.74) is -4.06. The molecule has 478 valence electrons. The van der Waals surface area contributed by atoms with Gasteiger partial charge in [-0.3, -0.25) is 19.1 Å². The number of esters is 2. The molecule has 23 nitrogen and oxygen atoms in total. The van der Waals surface area contributed by atoms with Gasteiger partial charge in [-0.1, -0.05) is 52.8 Å². The Hall–Kier alpha value is -4.37. The minimum Gasteiger partial charge on any atom is -0.477 e. The lowest BCUT2D eigenvalue weighted by Gasteiger charge is -2.49. The molecule has 0 saturated carbocycles. The Morgan fingerprint density at radius 1 is 0.905 bits per heavy atom. The van der Waals surface area contributed by atoms with Gasteiger partial charge in [-0.15, -0.1) is 0 Å². The van der Waals surface area contributed by atoms with Crippen LogP contribution >= 0.6 is 0 Å². The number of pyridine rings is 1. The number of aromatic carboxylic acids is 1. The Balaban J connectivity index is 1.39. The van der Waals surface area contributed by atoms with E-state index in [1.54, 1.807) is 84.4 Å². The highest BCUT2D eigenvalue weighted by molar-refractivity contribution is 5.93. The minimum atomic E-state index is -2.00. The van der Waals surface area contributed by atoms with Crippen molar-refractivity contribution in [3.8, 4) is 0 Å². The number of methoxy groups -OCH3 is 1. The number of fused-ring (bicyclic) bond motifs is 1. The first kappa shape index (κ1) is 70.4. The van der Waals surface area contributed by atoms with Crippen molar-refractivity contribution in [3.05, 3.63) is 45.7 Å². The van der Waals surface area contributed by atoms with Crippen LogP contribution < -0.4 is 15.8 Å². The zero-order chi connectivity index (χ0) is 62.8. The molecule has 23 heteroatoms. The lowest BCUT2D eigenvalue weighted by Crippen LogP contribution is -2.61. The number of aliphatic hydroxyl groups excluding tert-OH is 2. The fourth-order valence-electron chi connectivity index (χ4n) is 12.6. The van der Waals surface area contributed by atoms with E-state index in [0.717, 1.165) is 18.7 Å². The molecule has 84 heavy (non-hydrogen) atoms. The first-order valence-electron chi connectivity index (χ1n) is 30.1. The third kappa shape index (κ3) is 17.0. The van der Waals surface area contributed by atoms with E-state index in [4.69, 9.17) is 38.0 Å². The number of hydrogen-bond acceptors (Lipinski definition) is 21. The van der Waals surface area contributed by atoms with Gasteiger partial charge in [-0.05, 0) is 125 Å². The Kier molecular flexibility index (Phi) is 25.6. The van der Waals surface area contributed by atoms with Crippen LogP contribution in [-0.4, -0.2) is 223 Å². The number of carboxylic acids is 1. The Morgan fingerprint density at radius 3 is 2.19 bits per heavy atom. The maximum absolute atomic E-state index is 14.8. The molecule has 3 aliphatic heterocycles. The van der Waals surface area contributed by atoms with Gasteiger partial charge in [0, 0.05) is 76.1 Å². The van der Waals surface area contributed by atoms with Crippen LogP contribution in [0.1, 0.15) is 138 Å². The summed E-state index contributed by atoms with van der Waals surface area (Å²) in [7, 11) is 8.74. The third-order valence-electron chi connectivity index (χ3n) is 17.7. The predicted octanol–water partition coefficient (Wildman–Crippen LogP) is 4.31. The molecule has 2 aromatic rings. The van der Waals surface area contributed by atoms with Crippen molar-refractivity contribution in [2.24, 2.45) is 28.8 Å². The van der Waals surface area contributed by atoms with E-state index >= 15 is 0 Å². The summed E-state index contributed by atoms with van der Waals surface area (Å²) < 4.78 is 46.8. The van der Waals surface area contributed by atoms with Crippen molar-refractivity contribution in [1.29, 1.82) is 0 Å². The second-order valence-electron chi connectivity index (χ2n) is 24.7. The first-order valence-corrected chi connectivity index (χ1v) is 30.1. The number of rotatable bonds is 23. The van der Waals surface area contributed by atoms with E-state index in [1.165, 1.54) is 20.2 Å². The molecule has 0 spiro atoms. The van der Waals surface area contributed by atoms with Crippen LogP contribution in [0.4, 0.5) is 0 Å². The van der Waals surface area contributed by atoms with Crippen molar-refractivity contribution in [1.82, 2.24) is 19.8 Å². The number of carboxylic acid groups (broad SMARTS) is 1. The molecule has 3 fully saturated rings. The van der Waals surface area contributed by atoms with Crippen LogP contribution in [0.2, 0.25) is 0 Å². The quantitative estimate of drug-likeness (QED) is 0.0514. The van der Waals surface area contributed by atoms with E-state index in [9.17, 15) is 44.7 Å². The van der Waals surface area contributed by atoms with E-state index in [1.807, 2.05) is 38.9 Å². The molecule has 5 rings (SSSR count). The predicted molar refractivity (Wildman–Crippen MR) is 317 cm³/mol. The monoisotopic (exact) mass is 1190 g/mol. The maximum Gasteiger partial charge on any atom is 0.341 e. The highest BCUT2D eigenvalue weighted by Gasteiger charge is 2.54. The average molecular weight is 1190 g/mol. The number of cyclic esters (lactones) is 1. The van der Waals surface area contributed by atoms with Crippen molar-refractivity contribution in [3.63, 3.8) is 0 Å². The first-order chi connectivity index (χ1) is 39.4. The van der Waals surface area contributed by atoms with Crippen LogP contribution in [0.15, 0.2) is 34.3 Å². The second kappa shape index (κ2) is 30.5. The molecule has 0 bridgehead atoms. The lowest BCUT2D eigenvalue weighted by atomic mass is 9.73. The molecule has 1 aromatic heterocycles. The highest BCUT2D eigenvalue weighted by Crippen LogP contribution is 2.42. The van der Waals surface area contributed by atoms with E-state index < -0.39 is 119 Å². The largest absolute Gasteiger partial charge is 0.477 e. The standard InChI is InChI=1S/C61H102N6O17/c1-18-46-61(12,76)53(71)37(6)49(63-78-29-28-66(19-2)20-3)35(4)32-59(10,75)54(84-58-51(70)45(64(13)14)30-36(5)79-58)38(7)52(39(8)57(74)81-46)83-48-33-60(11,77-17)55(40(9)80-48)82-47(68)25-27-62-26-21-22-41-23-24-44-42(31-41)50(69)43(56(72)73)34-67(44)65(15)16/h23-24,31,34-40,45-46,48,51-55,58,62,70-71,75-76H,18-22,25-30,32-33H2,1-17H3,(H,72,73)/b63-49+/t35-,36-,37?,38+,39-,40+,45+,46-,48+,51-,52+,53-,54-,55+,58+,59-,60-,61-/m1/s1. The number of carbonyl (C=O) groups excluding carboxylic acids is 2. The number of nitrogens with zero attached hydrogens (tertiary/aromatic N) is 5. The average Bonchev–Trinajstić information content (AvgIpc) is 2.25. The normalized spacial score (nSPS) is 35.2. The molecule has 1 unspecified atom stereocenters. The molecule has 3 saturated heterocycles. The number of aromatic nitrogens is 1. The number of benzene rings is 1. The van der Waals surface area contributed by atoms with E-state index in [0.29, 0.717) is 55.5 Å². The molecule has 3 aliphatic rings. The Labute approximate surface area is 497 Å². The number of hydrogen-bond donors (Lipinski definition) is 6. The van der Waals surface area contributed by atoms with Crippen molar-refractivity contribution in [2.45, 2.75) is 212 Å². The van der Waals surface area contributed by atoms with Gasteiger partial charge in [0.1, 0.15) is 35.6 Å². The number of aliphatic hydroxyl groups is 4. The van der Waals surface area contributed by atoms with Crippen molar-refractivity contribution >= 4 is 34.5 Å². The number of carbonyl (C=O) groups is 3. The topological polar surface area (TPSA) is 282 Å². The molecular formula is C61H102N6O17. The van der Waals surface area contributed by atoms with Crippen LogP contribution in [-0.2, 0) is 54.0 Å². The van der Waals surface area contributed by atoms with Crippen LogP contribution in [0.25, 0.3) is 10.9 Å². The molecule has 4 heterocycles. The van der Waals surface area contributed by atoms with Gasteiger partial charge in [0.05, 0.1) is 59.7 Å². The molecule has 6 N–H and O–H groups in total. The fraction of sp³-hybridized carbons (Fsp3) is 0.787. The van der Waals surface area contributed by atoms with E-state index in [-0.39, 0.29) is 50.0 Å².